The van der Waals surface area contributed by atoms with E-state index >= 15 is 0 Å². The molecular formula is C8H6Br2O4. The zero-order chi connectivity index (χ0) is 10.9. The van der Waals surface area contributed by atoms with Crippen LogP contribution in [0.25, 0.3) is 0 Å². The molecule has 0 fully saturated rings. The number of phenols is 1. The van der Waals surface area contributed by atoms with E-state index in [1.54, 1.807) is 0 Å². The van der Waals surface area contributed by atoms with Crippen LogP contribution >= 0.6 is 31.9 Å². The van der Waals surface area contributed by atoms with Crippen molar-refractivity contribution in [2.24, 2.45) is 0 Å². The molecule has 1 aromatic carbocycles. The molecule has 0 unspecified atom stereocenters. The Labute approximate surface area is 96.8 Å². The minimum Gasteiger partial charge on any atom is -0.506 e. The Balaban J connectivity index is 3.56. The van der Waals surface area contributed by atoms with Gasteiger partial charge in [-0.15, -0.1) is 0 Å². The number of halogens is 2. The molecule has 0 aliphatic heterocycles. The van der Waals surface area contributed by atoms with Gasteiger partial charge in [0.05, 0.1) is 16.1 Å². The predicted molar refractivity (Wildman–Crippen MR) is 57.0 cm³/mol. The fraction of sp³-hybridized carbons (Fsp3) is 0.125. The summed E-state index contributed by atoms with van der Waals surface area (Å²) in [6.45, 7) is 0. The van der Waals surface area contributed by atoms with Crippen LogP contribution in [0.2, 0.25) is 0 Å². The van der Waals surface area contributed by atoms with E-state index in [1.165, 1.54) is 13.2 Å². The van der Waals surface area contributed by atoms with Gasteiger partial charge in [0.1, 0.15) is 11.3 Å². The molecule has 0 aliphatic rings. The van der Waals surface area contributed by atoms with Crippen LogP contribution in [0.4, 0.5) is 0 Å². The van der Waals surface area contributed by atoms with Gasteiger partial charge in [0.2, 0.25) is 0 Å². The first-order valence-corrected chi connectivity index (χ1v) is 5.06. The first kappa shape index (κ1) is 11.3. The van der Waals surface area contributed by atoms with Crippen LogP contribution in [0.3, 0.4) is 0 Å². The van der Waals surface area contributed by atoms with Crippen LogP contribution < -0.4 is 4.74 Å². The topological polar surface area (TPSA) is 66.8 Å². The number of carboxylic acid groups (broad SMARTS) is 1. The summed E-state index contributed by atoms with van der Waals surface area (Å²) in [6.07, 6.45) is 0. The summed E-state index contributed by atoms with van der Waals surface area (Å²) in [5.74, 6) is -1.50. The highest BCUT2D eigenvalue weighted by Crippen LogP contribution is 2.40. The largest absolute Gasteiger partial charge is 0.506 e. The Morgan fingerprint density at radius 1 is 1.43 bits per heavy atom. The van der Waals surface area contributed by atoms with Crippen molar-refractivity contribution in [2.75, 3.05) is 7.11 Å². The van der Waals surface area contributed by atoms with Crippen LogP contribution in [0, 0.1) is 0 Å². The zero-order valence-corrected chi connectivity index (χ0v) is 10.2. The monoisotopic (exact) mass is 324 g/mol. The van der Waals surface area contributed by atoms with Crippen molar-refractivity contribution in [2.45, 2.75) is 0 Å². The van der Waals surface area contributed by atoms with Gasteiger partial charge in [-0.1, -0.05) is 0 Å². The van der Waals surface area contributed by atoms with Gasteiger partial charge in [0, 0.05) is 0 Å². The normalized spacial score (nSPS) is 9.93. The summed E-state index contributed by atoms with van der Waals surface area (Å²) in [7, 11) is 1.33. The lowest BCUT2D eigenvalue weighted by Crippen LogP contribution is -2.02. The van der Waals surface area contributed by atoms with Crippen LogP contribution in [0.5, 0.6) is 11.5 Å². The molecule has 4 nitrogen and oxygen atoms in total. The average Bonchev–Trinajstić information content (AvgIpc) is 2.10. The van der Waals surface area contributed by atoms with Crippen LogP contribution in [0.1, 0.15) is 10.4 Å². The third kappa shape index (κ3) is 1.85. The lowest BCUT2D eigenvalue weighted by molar-refractivity contribution is 0.0689. The number of carboxylic acids is 1. The Morgan fingerprint density at radius 3 is 2.43 bits per heavy atom. The van der Waals surface area contributed by atoms with Gasteiger partial charge >= 0.3 is 5.97 Å². The minimum absolute atomic E-state index is 0.0956. The maximum atomic E-state index is 10.8. The average molecular weight is 326 g/mol. The second-order valence-corrected chi connectivity index (χ2v) is 4.11. The predicted octanol–water partition coefficient (Wildman–Crippen LogP) is 2.62. The van der Waals surface area contributed by atoms with E-state index in [0.29, 0.717) is 8.95 Å². The number of hydrogen-bond donors (Lipinski definition) is 2. The molecule has 0 heterocycles. The van der Waals surface area contributed by atoms with Gasteiger partial charge in [-0.25, -0.2) is 4.79 Å². The second-order valence-electron chi connectivity index (χ2n) is 2.40. The molecule has 6 heteroatoms. The first-order valence-electron chi connectivity index (χ1n) is 3.47. The van der Waals surface area contributed by atoms with Crippen molar-refractivity contribution in [1.82, 2.24) is 0 Å². The summed E-state index contributed by atoms with van der Waals surface area (Å²) in [5.41, 5.74) is -0.270. The molecule has 0 spiro atoms. The number of carbonyl (C=O) groups is 1. The summed E-state index contributed by atoms with van der Waals surface area (Å²) in [5, 5.41) is 18.3. The molecule has 1 rings (SSSR count). The van der Waals surface area contributed by atoms with Crippen molar-refractivity contribution in [3.8, 4) is 11.5 Å². The van der Waals surface area contributed by atoms with Gasteiger partial charge in [0.15, 0.2) is 5.75 Å². The van der Waals surface area contributed by atoms with E-state index in [0.717, 1.165) is 0 Å². The molecule has 0 aliphatic carbocycles. The molecule has 76 valence electrons. The van der Waals surface area contributed by atoms with Crippen LogP contribution in [0.15, 0.2) is 15.0 Å². The van der Waals surface area contributed by atoms with E-state index in [1.807, 2.05) is 0 Å². The highest BCUT2D eigenvalue weighted by Gasteiger charge is 2.21. The minimum atomic E-state index is -1.25. The Bertz CT molecular complexity index is 389. The number of rotatable bonds is 2. The van der Waals surface area contributed by atoms with Gasteiger partial charge in [0.25, 0.3) is 0 Å². The molecule has 1 aromatic rings. The summed E-state index contributed by atoms with van der Waals surface area (Å²) < 4.78 is 5.62. The molecule has 0 saturated heterocycles. The molecule has 14 heavy (non-hydrogen) atoms. The number of aromatic hydroxyl groups is 1. The van der Waals surface area contributed by atoms with Crippen molar-refractivity contribution in [1.29, 1.82) is 0 Å². The lowest BCUT2D eigenvalue weighted by atomic mass is 10.2. The SMILES string of the molecule is COc1c(Br)cc(Br)c(O)c1C(=O)O. The van der Waals surface area contributed by atoms with Gasteiger partial charge in [-0.2, -0.15) is 0 Å². The standard InChI is InChI=1S/C8H6Br2O4/c1-14-7-4(10)2-3(9)6(11)5(7)8(12)13/h2,11H,1H3,(H,12,13). The highest BCUT2D eigenvalue weighted by atomic mass is 79.9. The van der Waals surface area contributed by atoms with Crippen molar-refractivity contribution in [3.05, 3.63) is 20.6 Å². The smallest absolute Gasteiger partial charge is 0.343 e. The van der Waals surface area contributed by atoms with Crippen LogP contribution in [-0.4, -0.2) is 23.3 Å². The van der Waals surface area contributed by atoms with E-state index in [-0.39, 0.29) is 17.1 Å². The Hall–Kier alpha value is -0.750. The number of benzene rings is 1. The Kier molecular flexibility index (Phi) is 3.38. The highest BCUT2D eigenvalue weighted by molar-refractivity contribution is 9.11. The van der Waals surface area contributed by atoms with Gasteiger partial charge in [-0.05, 0) is 37.9 Å². The van der Waals surface area contributed by atoms with E-state index < -0.39 is 5.97 Å². The molecule has 0 bridgehead atoms. The van der Waals surface area contributed by atoms with E-state index in [9.17, 15) is 9.90 Å². The van der Waals surface area contributed by atoms with Crippen LogP contribution in [-0.2, 0) is 0 Å². The number of hydrogen-bond acceptors (Lipinski definition) is 3. The quantitative estimate of drug-likeness (QED) is 0.877. The van der Waals surface area contributed by atoms with Crippen molar-refractivity contribution in [3.63, 3.8) is 0 Å². The first-order chi connectivity index (χ1) is 6.49. The second kappa shape index (κ2) is 4.18. The van der Waals surface area contributed by atoms with E-state index in [4.69, 9.17) is 9.84 Å². The molecular weight excluding hydrogens is 320 g/mol. The molecule has 0 radical (unpaired) electrons. The molecule has 0 amide bonds. The Morgan fingerprint density at radius 2 is 2.00 bits per heavy atom. The molecule has 0 saturated carbocycles. The van der Waals surface area contributed by atoms with Gasteiger partial charge in [-0.3, -0.25) is 0 Å². The zero-order valence-electron chi connectivity index (χ0n) is 7.04. The fourth-order valence-electron chi connectivity index (χ4n) is 0.990. The van der Waals surface area contributed by atoms with Crippen molar-refractivity contribution >= 4 is 37.8 Å². The summed E-state index contributed by atoms with van der Waals surface area (Å²) in [6, 6.07) is 1.51. The third-order valence-corrected chi connectivity index (χ3v) is 2.77. The summed E-state index contributed by atoms with van der Waals surface area (Å²) >= 11 is 6.16. The number of ether oxygens (including phenoxy) is 1. The molecule has 0 aromatic heterocycles. The van der Waals surface area contributed by atoms with Gasteiger partial charge < -0.3 is 14.9 Å². The lowest BCUT2D eigenvalue weighted by Gasteiger charge is -2.10. The molecule has 0 atom stereocenters. The number of aromatic carboxylic acids is 1. The fourth-order valence-corrected chi connectivity index (χ4v) is 2.31. The number of methoxy groups -OCH3 is 1. The maximum absolute atomic E-state index is 10.8. The summed E-state index contributed by atoms with van der Waals surface area (Å²) in [4.78, 5) is 10.8. The maximum Gasteiger partial charge on any atom is 0.343 e. The van der Waals surface area contributed by atoms with E-state index in [2.05, 4.69) is 31.9 Å². The van der Waals surface area contributed by atoms with Crippen molar-refractivity contribution < 1.29 is 19.7 Å². The molecule has 2 N–H and O–H groups in total. The third-order valence-electron chi connectivity index (χ3n) is 1.58.